The molecule has 4 rings (SSSR count). The lowest BCUT2D eigenvalue weighted by Crippen LogP contribution is -2.36. The Bertz CT molecular complexity index is 1030. The highest BCUT2D eigenvalue weighted by Gasteiger charge is 2.24. The number of carbonyl (C=O) groups is 1. The number of ether oxygens (including phenoxy) is 4. The summed E-state index contributed by atoms with van der Waals surface area (Å²) in [5.41, 5.74) is 7.82. The summed E-state index contributed by atoms with van der Waals surface area (Å²) in [5.74, 6) is 2.48. The first kappa shape index (κ1) is 20.8. The van der Waals surface area contributed by atoms with Crippen LogP contribution >= 0.6 is 0 Å². The summed E-state index contributed by atoms with van der Waals surface area (Å²) in [6.45, 7) is 7.54. The van der Waals surface area contributed by atoms with Crippen molar-refractivity contribution in [2.75, 3.05) is 6.79 Å². The van der Waals surface area contributed by atoms with Gasteiger partial charge in [0, 0.05) is 0 Å². The number of rotatable bonds is 4. The third kappa shape index (κ3) is 4.84. The SMILES string of the molecule is CC1Oc2ccc(C(Cc3ccc4c(c3)OCO4)NC(=O)OC(C)(C)C)cc2N=C1N. The molecule has 2 heterocycles. The van der Waals surface area contributed by atoms with Crippen molar-refractivity contribution in [3.05, 3.63) is 47.5 Å². The molecule has 0 fully saturated rings. The maximum Gasteiger partial charge on any atom is 0.408 e. The maximum atomic E-state index is 12.6. The molecule has 0 aromatic heterocycles. The van der Waals surface area contributed by atoms with Gasteiger partial charge in [0.25, 0.3) is 0 Å². The van der Waals surface area contributed by atoms with Crippen LogP contribution in [0.1, 0.15) is 44.9 Å². The van der Waals surface area contributed by atoms with Crippen LogP contribution in [0.5, 0.6) is 17.2 Å². The van der Waals surface area contributed by atoms with Crippen molar-refractivity contribution in [1.29, 1.82) is 0 Å². The second-order valence-electron chi connectivity index (χ2n) is 8.61. The maximum absolute atomic E-state index is 12.6. The monoisotopic (exact) mass is 425 g/mol. The van der Waals surface area contributed by atoms with Crippen LogP contribution in [0.3, 0.4) is 0 Å². The minimum absolute atomic E-state index is 0.209. The van der Waals surface area contributed by atoms with Gasteiger partial charge in [-0.2, -0.15) is 0 Å². The quantitative estimate of drug-likeness (QED) is 0.767. The fourth-order valence-corrected chi connectivity index (χ4v) is 3.42. The molecule has 0 radical (unpaired) electrons. The average Bonchev–Trinajstić information content (AvgIpc) is 3.14. The van der Waals surface area contributed by atoms with Gasteiger partial charge in [0.2, 0.25) is 6.79 Å². The average molecular weight is 425 g/mol. The Morgan fingerprint density at radius 2 is 1.94 bits per heavy atom. The number of nitrogens with two attached hydrogens (primary N) is 1. The summed E-state index contributed by atoms with van der Waals surface area (Å²) in [6, 6.07) is 11.0. The van der Waals surface area contributed by atoms with Crippen molar-refractivity contribution in [1.82, 2.24) is 5.32 Å². The largest absolute Gasteiger partial charge is 0.481 e. The predicted molar refractivity (Wildman–Crippen MR) is 116 cm³/mol. The second kappa shape index (κ2) is 8.02. The number of benzene rings is 2. The fourth-order valence-electron chi connectivity index (χ4n) is 3.42. The summed E-state index contributed by atoms with van der Waals surface area (Å²) in [5, 5.41) is 2.98. The van der Waals surface area contributed by atoms with Gasteiger partial charge in [-0.15, -0.1) is 0 Å². The minimum Gasteiger partial charge on any atom is -0.481 e. The van der Waals surface area contributed by atoms with Gasteiger partial charge in [-0.05, 0) is 69.5 Å². The predicted octanol–water partition coefficient (Wildman–Crippen LogP) is 3.99. The van der Waals surface area contributed by atoms with E-state index in [1.165, 1.54) is 0 Å². The number of nitrogens with zero attached hydrogens (tertiary/aromatic N) is 1. The molecular formula is C23H27N3O5. The lowest BCUT2D eigenvalue weighted by molar-refractivity contribution is 0.0503. The molecule has 0 saturated carbocycles. The van der Waals surface area contributed by atoms with Crippen LogP contribution in [0, 0.1) is 0 Å². The summed E-state index contributed by atoms with van der Waals surface area (Å²) in [4.78, 5) is 17.0. The van der Waals surface area contributed by atoms with Gasteiger partial charge in [-0.25, -0.2) is 9.79 Å². The van der Waals surface area contributed by atoms with Crippen molar-refractivity contribution >= 4 is 17.6 Å². The van der Waals surface area contributed by atoms with Crippen molar-refractivity contribution in [2.24, 2.45) is 10.7 Å². The van der Waals surface area contributed by atoms with E-state index in [-0.39, 0.29) is 18.9 Å². The van der Waals surface area contributed by atoms with Crippen LogP contribution in [0.25, 0.3) is 0 Å². The molecule has 0 aliphatic carbocycles. The van der Waals surface area contributed by atoms with Gasteiger partial charge in [0.15, 0.2) is 17.6 Å². The van der Waals surface area contributed by atoms with E-state index in [2.05, 4.69) is 10.3 Å². The van der Waals surface area contributed by atoms with Crippen molar-refractivity contribution in [3.63, 3.8) is 0 Å². The van der Waals surface area contributed by atoms with Gasteiger partial charge in [-0.3, -0.25) is 0 Å². The molecular weight excluding hydrogens is 398 g/mol. The molecule has 31 heavy (non-hydrogen) atoms. The zero-order valence-corrected chi connectivity index (χ0v) is 18.1. The van der Waals surface area contributed by atoms with Gasteiger partial charge < -0.3 is 30.0 Å². The van der Waals surface area contributed by atoms with E-state index in [0.29, 0.717) is 35.2 Å². The third-order valence-corrected chi connectivity index (χ3v) is 4.92. The van der Waals surface area contributed by atoms with Crippen molar-refractivity contribution < 1.29 is 23.7 Å². The first-order chi connectivity index (χ1) is 14.7. The smallest absolute Gasteiger partial charge is 0.408 e. The molecule has 2 aliphatic rings. The van der Waals surface area contributed by atoms with E-state index in [9.17, 15) is 4.79 Å². The van der Waals surface area contributed by atoms with Crippen molar-refractivity contribution in [2.45, 2.75) is 51.9 Å². The molecule has 2 aliphatic heterocycles. The van der Waals surface area contributed by atoms with E-state index in [0.717, 1.165) is 11.1 Å². The lowest BCUT2D eigenvalue weighted by Gasteiger charge is -2.26. The van der Waals surface area contributed by atoms with Crippen molar-refractivity contribution in [3.8, 4) is 17.2 Å². The number of amidine groups is 1. The third-order valence-electron chi connectivity index (χ3n) is 4.92. The summed E-state index contributed by atoms with van der Waals surface area (Å²) in [7, 11) is 0. The molecule has 0 spiro atoms. The summed E-state index contributed by atoms with van der Waals surface area (Å²) < 4.78 is 22.2. The highest BCUT2D eigenvalue weighted by Crippen LogP contribution is 2.37. The topological polar surface area (TPSA) is 104 Å². The Hall–Kier alpha value is -3.42. The zero-order chi connectivity index (χ0) is 22.2. The Balaban J connectivity index is 1.63. The Labute approximate surface area is 181 Å². The van der Waals surface area contributed by atoms with Crippen LogP contribution < -0.4 is 25.3 Å². The molecule has 2 atom stereocenters. The van der Waals surface area contributed by atoms with Gasteiger partial charge in [0.05, 0.1) is 6.04 Å². The minimum atomic E-state index is -0.605. The number of nitrogens with one attached hydrogen (secondary N) is 1. The first-order valence-electron chi connectivity index (χ1n) is 10.2. The highest BCUT2D eigenvalue weighted by molar-refractivity contribution is 5.89. The zero-order valence-electron chi connectivity index (χ0n) is 18.1. The number of hydrogen-bond acceptors (Lipinski definition) is 7. The molecule has 164 valence electrons. The Morgan fingerprint density at radius 3 is 2.71 bits per heavy atom. The highest BCUT2D eigenvalue weighted by atomic mass is 16.7. The van der Waals surface area contributed by atoms with E-state index < -0.39 is 11.7 Å². The van der Waals surface area contributed by atoms with E-state index in [1.807, 2.05) is 64.1 Å². The molecule has 0 saturated heterocycles. The van der Waals surface area contributed by atoms with Crippen LogP contribution in [-0.2, 0) is 11.2 Å². The number of alkyl carbamates (subject to hydrolysis) is 1. The fraction of sp³-hybridized carbons (Fsp3) is 0.391. The molecule has 2 aromatic rings. The van der Waals surface area contributed by atoms with Crippen LogP contribution in [0.2, 0.25) is 0 Å². The standard InChI is InChI=1S/C23H27N3O5/c1-13-21(24)25-17-11-15(6-8-18(17)30-13)16(26-22(27)31-23(2,3)4)9-14-5-7-19-20(10-14)29-12-28-19/h5-8,10-11,13,16H,9,12H2,1-4H3,(H2,24,25)(H,26,27). The molecule has 2 unspecified atom stereocenters. The van der Waals surface area contributed by atoms with Crippen LogP contribution in [-0.4, -0.2) is 30.4 Å². The molecule has 8 nitrogen and oxygen atoms in total. The molecule has 3 N–H and O–H groups in total. The molecule has 0 bridgehead atoms. The number of aliphatic imine (C=N–C) groups is 1. The molecule has 1 amide bonds. The Morgan fingerprint density at radius 1 is 1.19 bits per heavy atom. The lowest BCUT2D eigenvalue weighted by atomic mass is 9.97. The molecule has 8 heteroatoms. The number of hydrogen-bond donors (Lipinski definition) is 2. The number of amides is 1. The first-order valence-corrected chi connectivity index (χ1v) is 10.2. The number of fused-ring (bicyclic) bond motifs is 2. The second-order valence-corrected chi connectivity index (χ2v) is 8.61. The van der Waals surface area contributed by atoms with E-state index in [1.54, 1.807) is 0 Å². The Kier molecular flexibility index (Phi) is 5.39. The normalized spacial score (nSPS) is 17.8. The van der Waals surface area contributed by atoms with E-state index >= 15 is 0 Å². The van der Waals surface area contributed by atoms with Crippen LogP contribution in [0.4, 0.5) is 10.5 Å². The van der Waals surface area contributed by atoms with E-state index in [4.69, 9.17) is 24.7 Å². The van der Waals surface area contributed by atoms with Gasteiger partial charge >= 0.3 is 6.09 Å². The summed E-state index contributed by atoms with van der Waals surface area (Å²) in [6.07, 6.45) is -0.253. The van der Waals surface area contributed by atoms with Gasteiger partial charge in [-0.1, -0.05) is 12.1 Å². The van der Waals surface area contributed by atoms with Crippen LogP contribution in [0.15, 0.2) is 41.4 Å². The molecule has 2 aromatic carbocycles. The van der Waals surface area contributed by atoms with Gasteiger partial charge in [0.1, 0.15) is 22.9 Å². The summed E-state index contributed by atoms with van der Waals surface area (Å²) >= 11 is 0. The number of carbonyl (C=O) groups excluding carboxylic acids is 1.